The van der Waals surface area contributed by atoms with Crippen molar-refractivity contribution in [2.24, 2.45) is 4.99 Å². The van der Waals surface area contributed by atoms with E-state index in [4.69, 9.17) is 23.2 Å². The summed E-state index contributed by atoms with van der Waals surface area (Å²) < 4.78 is 26.4. The van der Waals surface area contributed by atoms with Gasteiger partial charge in [-0.15, -0.1) is 0 Å². The van der Waals surface area contributed by atoms with E-state index in [2.05, 4.69) is 4.99 Å². The van der Waals surface area contributed by atoms with E-state index in [9.17, 15) is 13.2 Å². The van der Waals surface area contributed by atoms with E-state index < -0.39 is 16.2 Å². The van der Waals surface area contributed by atoms with Crippen LogP contribution >= 0.6 is 23.2 Å². The summed E-state index contributed by atoms with van der Waals surface area (Å²) in [5, 5.41) is 0.451. The quantitative estimate of drug-likeness (QED) is 0.630. The molecule has 0 bridgehead atoms. The molecule has 1 saturated heterocycles. The summed E-state index contributed by atoms with van der Waals surface area (Å²) in [5.41, 5.74) is 0. The molecule has 8 heteroatoms. The second-order valence-electron chi connectivity index (χ2n) is 4.39. The average Bonchev–Trinajstić information content (AvgIpc) is 2.42. The third-order valence-electron chi connectivity index (χ3n) is 3.12. The molecule has 1 fully saturated rings. The maximum atomic E-state index is 12.6. The van der Waals surface area contributed by atoms with Gasteiger partial charge in [-0.05, 0) is 37.5 Å². The molecule has 0 saturated carbocycles. The number of isocyanates is 1. The lowest BCUT2D eigenvalue weighted by molar-refractivity contribution is 0.259. The van der Waals surface area contributed by atoms with Crippen molar-refractivity contribution in [3.63, 3.8) is 0 Å². The Kier molecular flexibility index (Phi) is 4.83. The predicted octanol–water partition coefficient (Wildman–Crippen LogP) is 2.83. The normalized spacial score (nSPS) is 20.4. The van der Waals surface area contributed by atoms with Crippen LogP contribution in [0.25, 0.3) is 0 Å². The van der Waals surface area contributed by atoms with Crippen LogP contribution in [-0.4, -0.2) is 31.5 Å². The van der Waals surface area contributed by atoms with Crippen LogP contribution in [0.3, 0.4) is 0 Å². The van der Waals surface area contributed by atoms with Gasteiger partial charge < -0.3 is 0 Å². The Hall–Kier alpha value is -0.910. The van der Waals surface area contributed by atoms with Gasteiger partial charge in [0.05, 0.1) is 14.9 Å². The summed E-state index contributed by atoms with van der Waals surface area (Å²) in [6.45, 7) is 0.318. The van der Waals surface area contributed by atoms with Gasteiger partial charge in [0, 0.05) is 6.54 Å². The van der Waals surface area contributed by atoms with Gasteiger partial charge in [0.15, 0.2) is 0 Å². The van der Waals surface area contributed by atoms with Gasteiger partial charge in [0.1, 0.15) is 6.17 Å². The molecule has 108 valence electrons. The van der Waals surface area contributed by atoms with Crippen molar-refractivity contribution in [2.75, 3.05) is 6.54 Å². The Morgan fingerprint density at radius 2 is 2.00 bits per heavy atom. The summed E-state index contributed by atoms with van der Waals surface area (Å²) in [5.74, 6) is 0. The van der Waals surface area contributed by atoms with Crippen LogP contribution in [0.1, 0.15) is 19.3 Å². The number of piperidine rings is 1. The molecule has 1 unspecified atom stereocenters. The molecular weight excluding hydrogens is 323 g/mol. The SMILES string of the molecule is O=C=NC1CCCCN1S(=O)(=O)c1ccc(Cl)c(Cl)c1. The second kappa shape index (κ2) is 6.24. The molecule has 0 spiro atoms. The van der Waals surface area contributed by atoms with Crippen LogP contribution in [0.4, 0.5) is 0 Å². The van der Waals surface area contributed by atoms with E-state index in [0.29, 0.717) is 13.0 Å². The number of sulfonamides is 1. The van der Waals surface area contributed by atoms with Crippen molar-refractivity contribution in [1.29, 1.82) is 0 Å². The molecule has 1 aromatic carbocycles. The first kappa shape index (κ1) is 15.5. The van der Waals surface area contributed by atoms with Crippen molar-refractivity contribution >= 4 is 39.3 Å². The summed E-state index contributed by atoms with van der Waals surface area (Å²) in [4.78, 5) is 14.0. The van der Waals surface area contributed by atoms with Crippen molar-refractivity contribution in [1.82, 2.24) is 4.31 Å². The van der Waals surface area contributed by atoms with Crippen LogP contribution in [0.5, 0.6) is 0 Å². The lowest BCUT2D eigenvalue weighted by Gasteiger charge is -2.31. The van der Waals surface area contributed by atoms with E-state index in [1.165, 1.54) is 28.6 Å². The Bertz CT molecular complexity index is 657. The minimum Gasteiger partial charge on any atom is -0.211 e. The molecule has 0 radical (unpaired) electrons. The fourth-order valence-corrected chi connectivity index (χ4v) is 4.11. The van der Waals surface area contributed by atoms with Gasteiger partial charge in [-0.25, -0.2) is 13.2 Å². The first-order valence-corrected chi connectivity index (χ1v) is 8.20. The summed E-state index contributed by atoms with van der Waals surface area (Å²) in [6, 6.07) is 4.12. The molecule has 1 atom stereocenters. The lowest BCUT2D eigenvalue weighted by atomic mass is 10.1. The van der Waals surface area contributed by atoms with Crippen LogP contribution in [0.2, 0.25) is 10.0 Å². The number of hydrogen-bond acceptors (Lipinski definition) is 4. The van der Waals surface area contributed by atoms with Gasteiger partial charge in [0.25, 0.3) is 0 Å². The third-order valence-corrected chi connectivity index (χ3v) is 5.75. The topological polar surface area (TPSA) is 66.8 Å². The number of nitrogens with zero attached hydrogens (tertiary/aromatic N) is 2. The zero-order chi connectivity index (χ0) is 14.8. The third kappa shape index (κ3) is 3.05. The number of benzene rings is 1. The summed E-state index contributed by atoms with van der Waals surface area (Å²) in [6.07, 6.45) is 2.80. The molecule has 1 heterocycles. The molecule has 0 aliphatic carbocycles. The lowest BCUT2D eigenvalue weighted by Crippen LogP contribution is -2.42. The van der Waals surface area contributed by atoms with Gasteiger partial charge in [0.2, 0.25) is 16.1 Å². The minimum atomic E-state index is -3.76. The Balaban J connectivity index is 2.41. The average molecular weight is 335 g/mol. The standard InChI is InChI=1S/C12H12Cl2N2O3S/c13-10-5-4-9(7-11(10)14)20(18,19)16-6-2-1-3-12(16)15-8-17/h4-5,7,12H,1-3,6H2. The molecule has 5 nitrogen and oxygen atoms in total. The number of aliphatic imine (C=N–C) groups is 1. The molecule has 1 aliphatic heterocycles. The number of hydrogen-bond donors (Lipinski definition) is 0. The van der Waals surface area contributed by atoms with Crippen LogP contribution < -0.4 is 0 Å². The molecule has 20 heavy (non-hydrogen) atoms. The van der Waals surface area contributed by atoms with Crippen molar-refractivity contribution in [3.8, 4) is 0 Å². The van der Waals surface area contributed by atoms with E-state index in [-0.39, 0.29) is 14.9 Å². The Morgan fingerprint density at radius 3 is 2.65 bits per heavy atom. The molecular formula is C12H12Cl2N2O3S. The first-order chi connectivity index (χ1) is 9.46. The molecule has 0 N–H and O–H groups in total. The van der Waals surface area contributed by atoms with Crippen LogP contribution in [0.15, 0.2) is 28.1 Å². The second-order valence-corrected chi connectivity index (χ2v) is 7.09. The molecule has 0 amide bonds. The van der Waals surface area contributed by atoms with Gasteiger partial charge >= 0.3 is 0 Å². The maximum Gasteiger partial charge on any atom is 0.244 e. The van der Waals surface area contributed by atoms with Crippen LogP contribution in [0, 0.1) is 0 Å². The highest BCUT2D eigenvalue weighted by Crippen LogP contribution is 2.29. The summed E-state index contributed by atoms with van der Waals surface area (Å²) in [7, 11) is -3.76. The van der Waals surface area contributed by atoms with E-state index in [1.54, 1.807) is 0 Å². The van der Waals surface area contributed by atoms with Gasteiger partial charge in [-0.3, -0.25) is 0 Å². The maximum absolute atomic E-state index is 12.6. The van der Waals surface area contributed by atoms with E-state index >= 15 is 0 Å². The van der Waals surface area contributed by atoms with Crippen LogP contribution in [-0.2, 0) is 14.8 Å². The number of carbonyl (C=O) groups excluding carboxylic acids is 1. The predicted molar refractivity (Wildman–Crippen MR) is 76.1 cm³/mol. The molecule has 2 rings (SSSR count). The van der Waals surface area contributed by atoms with Gasteiger partial charge in [-0.2, -0.15) is 9.30 Å². The van der Waals surface area contributed by atoms with E-state index in [1.807, 2.05) is 0 Å². The molecule has 1 aliphatic rings. The highest BCUT2D eigenvalue weighted by Gasteiger charge is 2.33. The molecule has 0 aromatic heterocycles. The van der Waals surface area contributed by atoms with Crippen molar-refractivity contribution in [2.45, 2.75) is 30.3 Å². The monoisotopic (exact) mass is 334 g/mol. The highest BCUT2D eigenvalue weighted by molar-refractivity contribution is 7.89. The van der Waals surface area contributed by atoms with Crippen molar-refractivity contribution in [3.05, 3.63) is 28.2 Å². The largest absolute Gasteiger partial charge is 0.244 e. The van der Waals surface area contributed by atoms with Crippen molar-refractivity contribution < 1.29 is 13.2 Å². The smallest absolute Gasteiger partial charge is 0.211 e. The number of rotatable bonds is 3. The minimum absolute atomic E-state index is 0.0416. The fourth-order valence-electron chi connectivity index (χ4n) is 2.13. The zero-order valence-electron chi connectivity index (χ0n) is 10.4. The van der Waals surface area contributed by atoms with E-state index in [0.717, 1.165) is 12.8 Å². The fraction of sp³-hybridized carbons (Fsp3) is 0.417. The Morgan fingerprint density at radius 1 is 1.25 bits per heavy atom. The first-order valence-electron chi connectivity index (χ1n) is 6.00. The molecule has 1 aromatic rings. The zero-order valence-corrected chi connectivity index (χ0v) is 12.7. The Labute approximate surface area is 127 Å². The van der Waals surface area contributed by atoms with Gasteiger partial charge in [-0.1, -0.05) is 23.2 Å². The summed E-state index contributed by atoms with van der Waals surface area (Å²) >= 11 is 11.6. The highest BCUT2D eigenvalue weighted by atomic mass is 35.5. The number of halogens is 2.